The lowest BCUT2D eigenvalue weighted by Gasteiger charge is -2.31. The third-order valence-electron chi connectivity index (χ3n) is 1.93. The van der Waals surface area contributed by atoms with Crippen LogP contribution in [0.1, 0.15) is 13.8 Å². The Bertz CT molecular complexity index is 135. The Morgan fingerprint density at radius 3 is 2.10 bits per heavy atom. The third-order valence-corrected chi connectivity index (χ3v) is 3.82. The molecule has 0 spiro atoms. The van der Waals surface area contributed by atoms with Crippen LogP contribution in [0.5, 0.6) is 0 Å². The van der Waals surface area contributed by atoms with Gasteiger partial charge in [-0.3, -0.25) is 4.21 Å². The molecule has 1 rings (SSSR count). The Morgan fingerprint density at radius 1 is 1.30 bits per heavy atom. The molecule has 0 saturated carbocycles. The number of hydrogen-bond acceptors (Lipinski definition) is 2. The molecule has 3 atom stereocenters. The SMILES string of the molecule is CC1CN(C)C[C@@H](C)S1=O. The van der Waals surface area contributed by atoms with Crippen LogP contribution in [0.4, 0.5) is 0 Å². The van der Waals surface area contributed by atoms with Gasteiger partial charge in [0, 0.05) is 34.4 Å². The Morgan fingerprint density at radius 2 is 1.70 bits per heavy atom. The molecule has 60 valence electrons. The predicted molar refractivity (Wildman–Crippen MR) is 44.6 cm³/mol. The average molecular weight is 161 g/mol. The van der Waals surface area contributed by atoms with Gasteiger partial charge in [0.15, 0.2) is 0 Å². The van der Waals surface area contributed by atoms with Gasteiger partial charge in [-0.05, 0) is 20.9 Å². The van der Waals surface area contributed by atoms with E-state index in [4.69, 9.17) is 0 Å². The lowest BCUT2D eigenvalue weighted by Crippen LogP contribution is -2.44. The molecular formula is C7H15NOS. The molecule has 1 aliphatic rings. The van der Waals surface area contributed by atoms with Gasteiger partial charge in [-0.1, -0.05) is 0 Å². The van der Waals surface area contributed by atoms with Crippen LogP contribution in [0.3, 0.4) is 0 Å². The zero-order valence-corrected chi connectivity index (χ0v) is 7.65. The lowest BCUT2D eigenvalue weighted by atomic mass is 10.3. The van der Waals surface area contributed by atoms with Gasteiger partial charge in [0.2, 0.25) is 0 Å². The molecule has 0 radical (unpaired) electrons. The average Bonchev–Trinajstić information content (AvgIpc) is 1.82. The van der Waals surface area contributed by atoms with Gasteiger partial charge in [0.1, 0.15) is 0 Å². The van der Waals surface area contributed by atoms with Crippen LogP contribution < -0.4 is 0 Å². The van der Waals surface area contributed by atoms with E-state index in [1.54, 1.807) is 0 Å². The molecule has 10 heavy (non-hydrogen) atoms. The molecule has 0 aliphatic carbocycles. The van der Waals surface area contributed by atoms with Gasteiger partial charge in [-0.15, -0.1) is 0 Å². The standard InChI is InChI=1S/C7H15NOS/c1-6-4-8(3)5-7(2)10(6)9/h6-7H,4-5H2,1-3H3/t6-,7?,10?/m1/s1. The van der Waals surface area contributed by atoms with Crippen molar-refractivity contribution in [2.24, 2.45) is 0 Å². The van der Waals surface area contributed by atoms with E-state index >= 15 is 0 Å². The normalized spacial score (nSPS) is 43.7. The monoisotopic (exact) mass is 161 g/mol. The minimum absolute atomic E-state index is 0.355. The molecule has 1 aliphatic heterocycles. The first-order chi connectivity index (χ1) is 4.61. The zero-order chi connectivity index (χ0) is 7.72. The first kappa shape index (κ1) is 8.21. The lowest BCUT2D eigenvalue weighted by molar-refractivity contribution is 0.324. The second kappa shape index (κ2) is 3.01. The van der Waals surface area contributed by atoms with Crippen LogP contribution in [0, 0.1) is 0 Å². The number of nitrogens with zero attached hydrogens (tertiary/aromatic N) is 1. The van der Waals surface area contributed by atoms with Gasteiger partial charge >= 0.3 is 0 Å². The van der Waals surface area contributed by atoms with Gasteiger partial charge in [-0.25, -0.2) is 0 Å². The van der Waals surface area contributed by atoms with E-state index in [9.17, 15) is 4.21 Å². The molecule has 2 unspecified atom stereocenters. The van der Waals surface area contributed by atoms with Crippen molar-refractivity contribution in [1.29, 1.82) is 0 Å². The Labute approximate surface area is 65.1 Å². The molecule has 0 aromatic heterocycles. The molecule has 0 amide bonds. The minimum atomic E-state index is -0.592. The molecular weight excluding hydrogens is 146 g/mol. The Balaban J connectivity index is 2.57. The largest absolute Gasteiger partial charge is 0.304 e. The van der Waals surface area contributed by atoms with E-state index in [2.05, 4.69) is 25.8 Å². The quantitative estimate of drug-likeness (QED) is 0.514. The Hall–Kier alpha value is 0.110. The summed E-state index contributed by atoms with van der Waals surface area (Å²) in [5.74, 6) is 0. The van der Waals surface area contributed by atoms with Crippen molar-refractivity contribution in [3.63, 3.8) is 0 Å². The summed E-state index contributed by atoms with van der Waals surface area (Å²) in [5, 5.41) is 0.711. The molecule has 1 saturated heterocycles. The molecule has 1 heterocycles. The van der Waals surface area contributed by atoms with Crippen molar-refractivity contribution in [3.8, 4) is 0 Å². The summed E-state index contributed by atoms with van der Waals surface area (Å²) >= 11 is 0. The minimum Gasteiger partial charge on any atom is -0.304 e. The summed E-state index contributed by atoms with van der Waals surface area (Å²) in [6.45, 7) is 6.08. The highest BCUT2D eigenvalue weighted by atomic mass is 32.2. The fraction of sp³-hybridized carbons (Fsp3) is 1.00. The van der Waals surface area contributed by atoms with Gasteiger partial charge < -0.3 is 4.90 Å². The van der Waals surface area contributed by atoms with Crippen LogP contribution in [0.15, 0.2) is 0 Å². The molecule has 0 aromatic carbocycles. The first-order valence-corrected chi connectivity index (χ1v) is 4.97. The maximum Gasteiger partial charge on any atom is 0.0450 e. The maximum absolute atomic E-state index is 11.4. The van der Waals surface area contributed by atoms with Crippen molar-refractivity contribution in [1.82, 2.24) is 4.90 Å². The van der Waals surface area contributed by atoms with Crippen molar-refractivity contribution in [3.05, 3.63) is 0 Å². The van der Waals surface area contributed by atoms with Crippen LogP contribution in [-0.2, 0) is 10.8 Å². The van der Waals surface area contributed by atoms with Crippen molar-refractivity contribution in [2.75, 3.05) is 20.1 Å². The number of rotatable bonds is 0. The summed E-state index contributed by atoms with van der Waals surface area (Å²) < 4.78 is 11.4. The van der Waals surface area contributed by atoms with Crippen LogP contribution in [0.25, 0.3) is 0 Å². The maximum atomic E-state index is 11.4. The highest BCUT2D eigenvalue weighted by Crippen LogP contribution is 2.12. The fourth-order valence-electron chi connectivity index (χ4n) is 1.50. The molecule has 0 N–H and O–H groups in total. The second-order valence-electron chi connectivity index (χ2n) is 3.17. The summed E-state index contributed by atoms with van der Waals surface area (Å²) in [7, 11) is 1.49. The topological polar surface area (TPSA) is 20.3 Å². The fourth-order valence-corrected chi connectivity index (χ4v) is 3.09. The summed E-state index contributed by atoms with van der Waals surface area (Å²) in [6.07, 6.45) is 0. The van der Waals surface area contributed by atoms with Gasteiger partial charge in [-0.2, -0.15) is 0 Å². The highest BCUT2D eigenvalue weighted by Gasteiger charge is 2.25. The van der Waals surface area contributed by atoms with Crippen LogP contribution in [0.2, 0.25) is 0 Å². The van der Waals surface area contributed by atoms with Crippen LogP contribution >= 0.6 is 0 Å². The van der Waals surface area contributed by atoms with Crippen molar-refractivity contribution < 1.29 is 4.21 Å². The van der Waals surface area contributed by atoms with E-state index in [-0.39, 0.29) is 0 Å². The van der Waals surface area contributed by atoms with E-state index in [0.29, 0.717) is 10.5 Å². The molecule has 2 nitrogen and oxygen atoms in total. The zero-order valence-electron chi connectivity index (χ0n) is 6.83. The smallest absolute Gasteiger partial charge is 0.0450 e. The van der Waals surface area contributed by atoms with Crippen molar-refractivity contribution in [2.45, 2.75) is 24.3 Å². The summed E-state index contributed by atoms with van der Waals surface area (Å²) in [6, 6.07) is 0. The van der Waals surface area contributed by atoms with Crippen molar-refractivity contribution >= 4 is 10.8 Å². The summed E-state index contributed by atoms with van der Waals surface area (Å²) in [4.78, 5) is 2.25. The molecule has 1 fully saturated rings. The van der Waals surface area contributed by atoms with Gasteiger partial charge in [0.05, 0.1) is 0 Å². The summed E-state index contributed by atoms with van der Waals surface area (Å²) in [5.41, 5.74) is 0. The number of hydrogen-bond donors (Lipinski definition) is 0. The van der Waals surface area contributed by atoms with E-state index in [1.165, 1.54) is 0 Å². The van der Waals surface area contributed by atoms with Gasteiger partial charge in [0.25, 0.3) is 0 Å². The highest BCUT2D eigenvalue weighted by molar-refractivity contribution is 7.86. The van der Waals surface area contributed by atoms with E-state index in [0.717, 1.165) is 13.1 Å². The second-order valence-corrected chi connectivity index (χ2v) is 5.44. The first-order valence-electron chi connectivity index (χ1n) is 3.69. The Kier molecular flexibility index (Phi) is 2.47. The van der Waals surface area contributed by atoms with E-state index < -0.39 is 10.8 Å². The molecule has 3 heteroatoms. The third kappa shape index (κ3) is 1.58. The molecule has 0 aromatic rings. The van der Waals surface area contributed by atoms with Crippen LogP contribution in [-0.4, -0.2) is 39.7 Å². The predicted octanol–water partition coefficient (Wildman–Crippen LogP) is 0.457. The molecule has 0 bridgehead atoms. The van der Waals surface area contributed by atoms with E-state index in [1.807, 2.05) is 0 Å².